The van der Waals surface area contributed by atoms with Crippen molar-refractivity contribution in [1.29, 1.82) is 0 Å². The highest BCUT2D eigenvalue weighted by Gasteiger charge is 2.10. The SMILES string of the molecule is C[NH+](Cc1cccc(F)c1)Cn1ncn(-c2cccc(Cl)c2)c1=S. The van der Waals surface area contributed by atoms with Gasteiger partial charge in [0.2, 0.25) is 4.77 Å². The van der Waals surface area contributed by atoms with Crippen LogP contribution in [0.25, 0.3) is 5.69 Å². The van der Waals surface area contributed by atoms with Crippen molar-refractivity contribution in [3.63, 3.8) is 0 Å². The van der Waals surface area contributed by atoms with Crippen molar-refractivity contribution < 1.29 is 9.29 Å². The number of halogens is 2. The van der Waals surface area contributed by atoms with E-state index in [1.54, 1.807) is 23.1 Å². The van der Waals surface area contributed by atoms with E-state index >= 15 is 0 Å². The minimum absolute atomic E-state index is 0.220. The van der Waals surface area contributed by atoms with Gasteiger partial charge in [-0.05, 0) is 42.5 Å². The van der Waals surface area contributed by atoms with Crippen LogP contribution in [0.15, 0.2) is 54.9 Å². The van der Waals surface area contributed by atoms with E-state index in [1.807, 2.05) is 41.9 Å². The van der Waals surface area contributed by atoms with Gasteiger partial charge < -0.3 is 4.90 Å². The Hall–Kier alpha value is -2.02. The highest BCUT2D eigenvalue weighted by molar-refractivity contribution is 7.71. The maximum atomic E-state index is 13.3. The molecule has 0 radical (unpaired) electrons. The van der Waals surface area contributed by atoms with Crippen molar-refractivity contribution in [2.24, 2.45) is 0 Å². The van der Waals surface area contributed by atoms with E-state index < -0.39 is 0 Å². The minimum atomic E-state index is -0.220. The lowest BCUT2D eigenvalue weighted by Gasteiger charge is -2.13. The smallest absolute Gasteiger partial charge is 0.207 e. The van der Waals surface area contributed by atoms with Gasteiger partial charge >= 0.3 is 0 Å². The molecule has 0 spiro atoms. The van der Waals surface area contributed by atoms with Gasteiger partial charge in [0.1, 0.15) is 18.7 Å². The highest BCUT2D eigenvalue weighted by Crippen LogP contribution is 2.14. The monoisotopic (exact) mass is 363 g/mol. The zero-order valence-electron chi connectivity index (χ0n) is 13.1. The molecule has 1 heterocycles. The van der Waals surface area contributed by atoms with E-state index in [9.17, 15) is 4.39 Å². The first-order valence-corrected chi connectivity index (χ1v) is 8.28. The van der Waals surface area contributed by atoms with Crippen LogP contribution >= 0.6 is 23.8 Å². The van der Waals surface area contributed by atoms with Crippen LogP contribution in [0.1, 0.15) is 5.56 Å². The Morgan fingerprint density at radius 1 is 1.21 bits per heavy atom. The van der Waals surface area contributed by atoms with Crippen molar-refractivity contribution in [1.82, 2.24) is 14.3 Å². The summed E-state index contributed by atoms with van der Waals surface area (Å²) in [5.41, 5.74) is 1.81. The number of benzene rings is 2. The van der Waals surface area contributed by atoms with E-state index in [0.29, 0.717) is 23.0 Å². The Morgan fingerprint density at radius 3 is 2.75 bits per heavy atom. The first kappa shape index (κ1) is 16.8. The molecule has 3 aromatic rings. The number of rotatable bonds is 5. The van der Waals surface area contributed by atoms with Crippen LogP contribution in [-0.4, -0.2) is 21.4 Å². The summed E-state index contributed by atoms with van der Waals surface area (Å²) in [6.07, 6.45) is 1.68. The summed E-state index contributed by atoms with van der Waals surface area (Å²) in [4.78, 5) is 1.15. The van der Waals surface area contributed by atoms with Crippen LogP contribution in [0.5, 0.6) is 0 Å². The first-order valence-electron chi connectivity index (χ1n) is 7.49. The first-order chi connectivity index (χ1) is 11.5. The molecule has 0 aliphatic carbocycles. The Morgan fingerprint density at radius 2 is 2.00 bits per heavy atom. The third-order valence-corrected chi connectivity index (χ3v) is 4.28. The predicted octanol–water partition coefficient (Wildman–Crippen LogP) is 2.87. The zero-order valence-corrected chi connectivity index (χ0v) is 14.7. The Kier molecular flexibility index (Phi) is 5.08. The third kappa shape index (κ3) is 3.90. The number of hydrogen-bond donors (Lipinski definition) is 1. The lowest BCUT2D eigenvalue weighted by molar-refractivity contribution is -0.917. The van der Waals surface area contributed by atoms with Gasteiger partial charge in [-0.15, -0.1) is 0 Å². The van der Waals surface area contributed by atoms with Gasteiger partial charge in [-0.25, -0.2) is 4.39 Å². The van der Waals surface area contributed by atoms with E-state index in [-0.39, 0.29) is 5.82 Å². The van der Waals surface area contributed by atoms with Gasteiger partial charge in [0.05, 0.1) is 12.7 Å². The molecule has 3 rings (SSSR count). The molecule has 124 valence electrons. The van der Waals surface area contributed by atoms with Crippen LogP contribution in [0.4, 0.5) is 4.39 Å². The van der Waals surface area contributed by atoms with E-state index in [0.717, 1.165) is 16.2 Å². The standard InChI is InChI=1S/C17H16ClFN4S/c1-21(10-13-4-2-6-15(19)8-13)12-23-17(24)22(11-20-23)16-7-3-5-14(18)9-16/h2-9,11H,10,12H2,1H3/p+1. The van der Waals surface area contributed by atoms with Crippen molar-refractivity contribution in [3.8, 4) is 5.69 Å². The molecule has 0 saturated carbocycles. The summed E-state index contributed by atoms with van der Waals surface area (Å²) >= 11 is 11.5. The van der Waals surface area contributed by atoms with E-state index in [1.165, 1.54) is 6.07 Å². The number of aromatic nitrogens is 3. The third-order valence-electron chi connectivity index (χ3n) is 3.63. The minimum Gasteiger partial charge on any atom is -0.315 e. The molecule has 0 saturated heterocycles. The number of quaternary nitrogens is 1. The summed E-state index contributed by atoms with van der Waals surface area (Å²) in [7, 11) is 2.02. The van der Waals surface area contributed by atoms with Gasteiger partial charge in [0.15, 0.2) is 6.67 Å². The second-order valence-corrected chi connectivity index (χ2v) is 6.49. The molecule has 4 nitrogen and oxygen atoms in total. The molecule has 1 atom stereocenters. The fraction of sp³-hybridized carbons (Fsp3) is 0.176. The van der Waals surface area contributed by atoms with Crippen molar-refractivity contribution >= 4 is 23.8 Å². The maximum absolute atomic E-state index is 13.3. The topological polar surface area (TPSA) is 27.2 Å². The van der Waals surface area contributed by atoms with Gasteiger partial charge in [0.25, 0.3) is 0 Å². The summed E-state index contributed by atoms with van der Waals surface area (Å²) in [6.45, 7) is 1.27. The summed E-state index contributed by atoms with van der Waals surface area (Å²) < 4.78 is 17.4. The second kappa shape index (κ2) is 7.25. The molecule has 0 aliphatic heterocycles. The molecular weight excluding hydrogens is 347 g/mol. The highest BCUT2D eigenvalue weighted by atomic mass is 35.5. The van der Waals surface area contributed by atoms with Crippen LogP contribution in [0.2, 0.25) is 5.02 Å². The van der Waals surface area contributed by atoms with Gasteiger partial charge in [-0.1, -0.05) is 29.8 Å². The molecule has 1 unspecified atom stereocenters. The van der Waals surface area contributed by atoms with Crippen LogP contribution in [0.3, 0.4) is 0 Å². The zero-order chi connectivity index (χ0) is 17.1. The molecule has 0 bridgehead atoms. The van der Waals surface area contributed by atoms with Crippen LogP contribution in [0, 0.1) is 10.6 Å². The quantitative estimate of drug-likeness (QED) is 0.706. The molecule has 1 aromatic heterocycles. The summed E-state index contributed by atoms with van der Waals surface area (Å²) in [5, 5.41) is 5.01. The fourth-order valence-corrected chi connectivity index (χ4v) is 3.00. The second-order valence-electron chi connectivity index (χ2n) is 5.68. The predicted molar refractivity (Wildman–Crippen MR) is 94.4 cm³/mol. The molecule has 0 amide bonds. The maximum Gasteiger partial charge on any atom is 0.207 e. The average molecular weight is 364 g/mol. The molecule has 1 N–H and O–H groups in total. The normalized spacial score (nSPS) is 12.3. The number of nitrogens with one attached hydrogen (secondary N) is 1. The van der Waals surface area contributed by atoms with Crippen molar-refractivity contribution in [2.75, 3.05) is 7.05 Å². The number of hydrogen-bond acceptors (Lipinski definition) is 2. The largest absolute Gasteiger partial charge is 0.315 e. The Bertz CT molecular complexity index is 905. The molecule has 7 heteroatoms. The van der Waals surface area contributed by atoms with Crippen LogP contribution < -0.4 is 4.90 Å². The number of nitrogens with zero attached hydrogens (tertiary/aromatic N) is 3. The van der Waals surface area contributed by atoms with Gasteiger partial charge in [0, 0.05) is 10.6 Å². The van der Waals surface area contributed by atoms with E-state index in [2.05, 4.69) is 5.10 Å². The Balaban J connectivity index is 1.75. The van der Waals surface area contributed by atoms with Gasteiger partial charge in [-0.2, -0.15) is 9.78 Å². The summed E-state index contributed by atoms with van der Waals surface area (Å²) in [6, 6.07) is 14.1. The van der Waals surface area contributed by atoms with E-state index in [4.69, 9.17) is 23.8 Å². The lowest BCUT2D eigenvalue weighted by Crippen LogP contribution is -3.07. The van der Waals surface area contributed by atoms with Crippen molar-refractivity contribution in [2.45, 2.75) is 13.2 Å². The van der Waals surface area contributed by atoms with Crippen LogP contribution in [-0.2, 0) is 13.2 Å². The molecule has 2 aromatic carbocycles. The van der Waals surface area contributed by atoms with Crippen molar-refractivity contribution in [3.05, 3.63) is 76.0 Å². The average Bonchev–Trinajstić information content (AvgIpc) is 2.88. The molecule has 0 fully saturated rings. The molecule has 24 heavy (non-hydrogen) atoms. The molecular formula is C17H17ClFN4S+. The summed E-state index contributed by atoms with van der Waals surface area (Å²) in [5.74, 6) is -0.220. The van der Waals surface area contributed by atoms with Gasteiger partial charge in [-0.3, -0.25) is 4.57 Å². The Labute approximate surface area is 149 Å². The molecule has 0 aliphatic rings. The fourth-order valence-electron chi connectivity index (χ4n) is 2.56. The lowest BCUT2D eigenvalue weighted by atomic mass is 10.2.